The van der Waals surface area contributed by atoms with Gasteiger partial charge in [-0.05, 0) is 31.6 Å². The predicted molar refractivity (Wildman–Crippen MR) is 70.5 cm³/mol. The SMILES string of the molecule is CC1(O)C=C[C@@](C)(C2(C)CC(O)[C@@H](O)C23CO3)CC1. The van der Waals surface area contributed by atoms with E-state index in [0.717, 1.165) is 6.42 Å². The van der Waals surface area contributed by atoms with Gasteiger partial charge in [0.2, 0.25) is 0 Å². The highest BCUT2D eigenvalue weighted by Gasteiger charge is 2.74. The van der Waals surface area contributed by atoms with Crippen LogP contribution in [0, 0.1) is 10.8 Å². The van der Waals surface area contributed by atoms with E-state index in [1.165, 1.54) is 0 Å². The van der Waals surface area contributed by atoms with Gasteiger partial charge >= 0.3 is 0 Å². The minimum atomic E-state index is -0.801. The summed E-state index contributed by atoms with van der Waals surface area (Å²) in [7, 11) is 0. The maximum atomic E-state index is 10.2. The quantitative estimate of drug-likeness (QED) is 0.490. The third-order valence-electron chi connectivity index (χ3n) is 6.07. The van der Waals surface area contributed by atoms with E-state index in [1.54, 1.807) is 0 Å². The molecule has 3 rings (SSSR count). The first kappa shape index (κ1) is 13.6. The van der Waals surface area contributed by atoms with Gasteiger partial charge in [-0.15, -0.1) is 0 Å². The molecule has 2 fully saturated rings. The van der Waals surface area contributed by atoms with Crippen molar-refractivity contribution in [3.05, 3.63) is 12.2 Å². The van der Waals surface area contributed by atoms with Gasteiger partial charge in [0.15, 0.2) is 0 Å². The first-order chi connectivity index (χ1) is 8.66. The van der Waals surface area contributed by atoms with Crippen molar-refractivity contribution >= 4 is 0 Å². The first-order valence-corrected chi connectivity index (χ1v) is 7.09. The van der Waals surface area contributed by atoms with Gasteiger partial charge in [0.1, 0.15) is 11.7 Å². The number of hydrogen-bond donors (Lipinski definition) is 3. The van der Waals surface area contributed by atoms with Gasteiger partial charge in [0.25, 0.3) is 0 Å². The summed E-state index contributed by atoms with van der Waals surface area (Å²) in [4.78, 5) is 0. The van der Waals surface area contributed by atoms with Crippen molar-refractivity contribution in [1.29, 1.82) is 0 Å². The average molecular weight is 268 g/mol. The molecule has 0 aromatic rings. The van der Waals surface area contributed by atoms with E-state index >= 15 is 0 Å². The Morgan fingerprint density at radius 2 is 1.74 bits per heavy atom. The van der Waals surface area contributed by atoms with Crippen LogP contribution in [0.1, 0.15) is 40.0 Å². The molecule has 0 amide bonds. The van der Waals surface area contributed by atoms with Crippen molar-refractivity contribution in [2.24, 2.45) is 10.8 Å². The van der Waals surface area contributed by atoms with Crippen molar-refractivity contribution in [1.82, 2.24) is 0 Å². The molecule has 4 heteroatoms. The van der Waals surface area contributed by atoms with Crippen LogP contribution in [0.3, 0.4) is 0 Å². The highest BCUT2D eigenvalue weighted by atomic mass is 16.6. The third kappa shape index (κ3) is 1.60. The molecular formula is C15H24O4. The molecule has 2 aliphatic carbocycles. The standard InChI is InChI=1S/C15H24O4/c1-12(4-6-13(2,18)7-5-12)14(3)8-10(16)11(17)15(14)9-19-15/h4,6,10-11,16-18H,5,7-9H2,1-3H3/t10?,11-,12-,13?,14?,15?/m1/s1. The maximum Gasteiger partial charge on any atom is 0.126 e. The molecule has 0 aromatic heterocycles. The number of rotatable bonds is 1. The zero-order valence-corrected chi connectivity index (χ0v) is 11.9. The smallest absolute Gasteiger partial charge is 0.126 e. The largest absolute Gasteiger partial charge is 0.390 e. The molecule has 1 saturated carbocycles. The Bertz CT molecular complexity index is 426. The summed E-state index contributed by atoms with van der Waals surface area (Å²) in [6, 6.07) is 0. The summed E-state index contributed by atoms with van der Waals surface area (Å²) < 4.78 is 5.62. The van der Waals surface area contributed by atoms with Crippen LogP contribution in [0.15, 0.2) is 12.2 Å². The summed E-state index contributed by atoms with van der Waals surface area (Å²) in [6.07, 6.45) is 4.46. The fourth-order valence-electron chi connectivity index (χ4n) is 4.13. The third-order valence-corrected chi connectivity index (χ3v) is 6.07. The molecule has 3 aliphatic rings. The number of epoxide rings is 1. The molecule has 4 nitrogen and oxygen atoms in total. The van der Waals surface area contributed by atoms with Crippen molar-refractivity contribution in [2.45, 2.75) is 63.4 Å². The molecule has 1 aliphatic heterocycles. The summed E-state index contributed by atoms with van der Waals surface area (Å²) in [5.41, 5.74) is -1.83. The van der Waals surface area contributed by atoms with E-state index in [4.69, 9.17) is 4.74 Å². The van der Waals surface area contributed by atoms with Crippen molar-refractivity contribution in [3.8, 4) is 0 Å². The summed E-state index contributed by atoms with van der Waals surface area (Å²) in [6.45, 7) is 6.57. The van der Waals surface area contributed by atoms with Crippen molar-refractivity contribution in [2.75, 3.05) is 6.61 Å². The Morgan fingerprint density at radius 1 is 1.11 bits per heavy atom. The number of aliphatic hydroxyl groups excluding tert-OH is 2. The molecule has 1 spiro atoms. The molecule has 6 atom stereocenters. The lowest BCUT2D eigenvalue weighted by Crippen LogP contribution is -2.50. The Labute approximate surface area is 114 Å². The fourth-order valence-corrected chi connectivity index (χ4v) is 4.13. The Morgan fingerprint density at radius 3 is 2.21 bits per heavy atom. The number of allylic oxidation sites excluding steroid dienone is 1. The Hall–Kier alpha value is -0.420. The molecule has 3 N–H and O–H groups in total. The second-order valence-electron chi connectivity index (χ2n) is 7.33. The normalized spacial score (nSPS) is 60.7. The van der Waals surface area contributed by atoms with Gasteiger partial charge in [-0.3, -0.25) is 0 Å². The van der Waals surface area contributed by atoms with Crippen LogP contribution in [-0.4, -0.2) is 45.3 Å². The maximum absolute atomic E-state index is 10.2. The van der Waals surface area contributed by atoms with E-state index in [9.17, 15) is 15.3 Å². The lowest BCUT2D eigenvalue weighted by Gasteiger charge is -2.48. The Balaban J connectivity index is 1.98. The second kappa shape index (κ2) is 3.61. The molecule has 0 aromatic carbocycles. The molecule has 19 heavy (non-hydrogen) atoms. The molecule has 108 valence electrons. The van der Waals surface area contributed by atoms with E-state index in [0.29, 0.717) is 19.4 Å². The van der Waals surface area contributed by atoms with Crippen LogP contribution >= 0.6 is 0 Å². The van der Waals surface area contributed by atoms with Crippen molar-refractivity contribution < 1.29 is 20.1 Å². The average Bonchev–Trinajstić information content (AvgIpc) is 3.10. The molecular weight excluding hydrogens is 244 g/mol. The minimum Gasteiger partial charge on any atom is -0.390 e. The van der Waals surface area contributed by atoms with Gasteiger partial charge in [0, 0.05) is 5.41 Å². The summed E-state index contributed by atoms with van der Waals surface area (Å²) >= 11 is 0. The zero-order valence-electron chi connectivity index (χ0n) is 11.9. The zero-order chi connectivity index (χ0) is 14.1. The van der Waals surface area contributed by atoms with Gasteiger partial charge < -0.3 is 20.1 Å². The van der Waals surface area contributed by atoms with Crippen LogP contribution in [0.25, 0.3) is 0 Å². The summed E-state index contributed by atoms with van der Waals surface area (Å²) in [5.74, 6) is 0. The van der Waals surface area contributed by atoms with E-state index in [2.05, 4.69) is 19.9 Å². The first-order valence-electron chi connectivity index (χ1n) is 7.09. The lowest BCUT2D eigenvalue weighted by molar-refractivity contribution is -0.0359. The second-order valence-corrected chi connectivity index (χ2v) is 7.33. The highest BCUT2D eigenvalue weighted by molar-refractivity contribution is 5.27. The molecule has 0 bridgehead atoms. The number of aliphatic hydroxyl groups is 3. The molecule has 1 heterocycles. The molecule has 4 unspecified atom stereocenters. The minimum absolute atomic E-state index is 0.176. The predicted octanol–water partition coefficient (Wildman–Crippen LogP) is 0.994. The van der Waals surface area contributed by atoms with Crippen LogP contribution in [-0.2, 0) is 4.74 Å². The van der Waals surface area contributed by atoms with E-state index in [-0.39, 0.29) is 10.8 Å². The van der Waals surface area contributed by atoms with Crippen LogP contribution in [0.2, 0.25) is 0 Å². The topological polar surface area (TPSA) is 73.2 Å². The fraction of sp³-hybridized carbons (Fsp3) is 0.867. The highest BCUT2D eigenvalue weighted by Crippen LogP contribution is 2.66. The number of ether oxygens (including phenoxy) is 1. The Kier molecular flexibility index (Phi) is 2.58. The molecule has 0 radical (unpaired) electrons. The van der Waals surface area contributed by atoms with Crippen LogP contribution in [0.4, 0.5) is 0 Å². The summed E-state index contributed by atoms with van der Waals surface area (Å²) in [5, 5.41) is 30.3. The van der Waals surface area contributed by atoms with Gasteiger partial charge in [-0.25, -0.2) is 0 Å². The van der Waals surface area contributed by atoms with Crippen LogP contribution < -0.4 is 0 Å². The van der Waals surface area contributed by atoms with Crippen molar-refractivity contribution in [3.63, 3.8) is 0 Å². The lowest BCUT2D eigenvalue weighted by atomic mass is 9.55. The van der Waals surface area contributed by atoms with Gasteiger partial charge in [-0.1, -0.05) is 26.0 Å². The van der Waals surface area contributed by atoms with Gasteiger partial charge in [-0.2, -0.15) is 0 Å². The molecule has 1 saturated heterocycles. The van der Waals surface area contributed by atoms with Crippen LogP contribution in [0.5, 0.6) is 0 Å². The number of hydrogen-bond acceptors (Lipinski definition) is 4. The monoisotopic (exact) mass is 268 g/mol. The van der Waals surface area contributed by atoms with E-state index in [1.807, 2.05) is 13.0 Å². The van der Waals surface area contributed by atoms with E-state index < -0.39 is 23.4 Å². The van der Waals surface area contributed by atoms with Gasteiger partial charge in [0.05, 0.1) is 18.3 Å².